The summed E-state index contributed by atoms with van der Waals surface area (Å²) in [6.07, 6.45) is 3.76. The van der Waals surface area contributed by atoms with Crippen molar-refractivity contribution in [2.75, 3.05) is 19.6 Å². The van der Waals surface area contributed by atoms with E-state index in [1.165, 1.54) is 37.9 Å². The quantitative estimate of drug-likeness (QED) is 0.904. The Kier molecular flexibility index (Phi) is 5.04. The number of hydrogen-bond donors (Lipinski definition) is 1. The highest BCUT2D eigenvalue weighted by molar-refractivity contribution is 6.30. The maximum atomic E-state index is 5.93. The molecule has 0 amide bonds. The molecule has 1 aliphatic rings. The minimum atomic E-state index is 0.487. The van der Waals surface area contributed by atoms with Gasteiger partial charge < -0.3 is 5.73 Å². The molecule has 1 aliphatic heterocycles. The molecular formula is C15H23ClN2. The van der Waals surface area contributed by atoms with Gasteiger partial charge in [0.2, 0.25) is 0 Å². The number of rotatable bonds is 4. The van der Waals surface area contributed by atoms with Crippen molar-refractivity contribution in [2.24, 2.45) is 11.7 Å². The van der Waals surface area contributed by atoms with Gasteiger partial charge in [0.05, 0.1) is 0 Å². The Labute approximate surface area is 115 Å². The smallest absolute Gasteiger partial charge is 0.0406 e. The molecule has 0 spiro atoms. The van der Waals surface area contributed by atoms with Crippen molar-refractivity contribution in [1.29, 1.82) is 0 Å². The molecule has 0 aliphatic carbocycles. The van der Waals surface area contributed by atoms with Crippen LogP contribution >= 0.6 is 11.6 Å². The van der Waals surface area contributed by atoms with E-state index in [1.807, 2.05) is 12.1 Å². The fourth-order valence-electron chi connectivity index (χ4n) is 2.82. The SMILES string of the molecule is CC(c1ccc(Cl)cc1)N1CCC(CCN)CC1. The van der Waals surface area contributed by atoms with Crippen molar-refractivity contribution < 1.29 is 0 Å². The molecule has 0 saturated carbocycles. The van der Waals surface area contributed by atoms with Crippen LogP contribution in [0.1, 0.15) is 37.8 Å². The van der Waals surface area contributed by atoms with Gasteiger partial charge in [0.1, 0.15) is 0 Å². The van der Waals surface area contributed by atoms with Crippen molar-refractivity contribution in [3.63, 3.8) is 0 Å². The molecule has 3 heteroatoms. The zero-order valence-corrected chi connectivity index (χ0v) is 11.9. The van der Waals surface area contributed by atoms with Gasteiger partial charge >= 0.3 is 0 Å². The van der Waals surface area contributed by atoms with Crippen LogP contribution in [0.25, 0.3) is 0 Å². The van der Waals surface area contributed by atoms with Gasteiger partial charge in [-0.15, -0.1) is 0 Å². The lowest BCUT2D eigenvalue weighted by molar-refractivity contribution is 0.138. The molecule has 0 bridgehead atoms. The Morgan fingerprint density at radius 2 is 1.89 bits per heavy atom. The molecule has 1 heterocycles. The van der Waals surface area contributed by atoms with Gasteiger partial charge in [0, 0.05) is 11.1 Å². The Balaban J connectivity index is 1.91. The minimum Gasteiger partial charge on any atom is -0.330 e. The summed E-state index contributed by atoms with van der Waals surface area (Å²) < 4.78 is 0. The van der Waals surface area contributed by atoms with E-state index in [0.717, 1.165) is 17.5 Å². The molecule has 1 aromatic carbocycles. The molecule has 2 rings (SSSR count). The summed E-state index contributed by atoms with van der Waals surface area (Å²) in [7, 11) is 0. The first-order chi connectivity index (χ1) is 8.70. The molecule has 18 heavy (non-hydrogen) atoms. The van der Waals surface area contributed by atoms with E-state index in [1.54, 1.807) is 0 Å². The Morgan fingerprint density at radius 3 is 2.44 bits per heavy atom. The standard InChI is InChI=1S/C15H23ClN2/c1-12(14-2-4-15(16)5-3-14)18-10-7-13(6-9-17)8-11-18/h2-5,12-13H,6-11,17H2,1H3. The molecule has 1 aromatic rings. The molecule has 1 unspecified atom stereocenters. The Hall–Kier alpha value is -0.570. The summed E-state index contributed by atoms with van der Waals surface area (Å²) in [4.78, 5) is 2.57. The number of nitrogens with two attached hydrogens (primary N) is 1. The molecule has 2 nitrogen and oxygen atoms in total. The fraction of sp³-hybridized carbons (Fsp3) is 0.600. The fourth-order valence-corrected chi connectivity index (χ4v) is 2.94. The molecular weight excluding hydrogens is 244 g/mol. The first-order valence-corrected chi connectivity index (χ1v) is 7.28. The third kappa shape index (κ3) is 3.47. The lowest BCUT2D eigenvalue weighted by atomic mass is 9.92. The lowest BCUT2D eigenvalue weighted by Gasteiger charge is -2.36. The number of benzene rings is 1. The van der Waals surface area contributed by atoms with Crippen molar-refractivity contribution in [3.05, 3.63) is 34.9 Å². The van der Waals surface area contributed by atoms with E-state index in [2.05, 4.69) is 24.0 Å². The Bertz CT molecular complexity index is 355. The number of piperidine rings is 1. The number of hydrogen-bond acceptors (Lipinski definition) is 2. The van der Waals surface area contributed by atoms with Crippen LogP contribution in [0, 0.1) is 5.92 Å². The first kappa shape index (κ1) is 13.9. The largest absolute Gasteiger partial charge is 0.330 e. The average Bonchev–Trinajstić information content (AvgIpc) is 2.40. The predicted octanol–water partition coefficient (Wildman–Crippen LogP) is 3.46. The summed E-state index contributed by atoms with van der Waals surface area (Å²) in [6, 6.07) is 8.72. The minimum absolute atomic E-state index is 0.487. The summed E-state index contributed by atoms with van der Waals surface area (Å²) in [5.74, 6) is 0.837. The summed E-state index contributed by atoms with van der Waals surface area (Å²) in [6.45, 7) is 5.49. The van der Waals surface area contributed by atoms with Gasteiger partial charge in [-0.05, 0) is 69.4 Å². The van der Waals surface area contributed by atoms with Gasteiger partial charge in [0.15, 0.2) is 0 Å². The van der Waals surface area contributed by atoms with Crippen LogP contribution in [0.5, 0.6) is 0 Å². The van der Waals surface area contributed by atoms with Crippen LogP contribution in [-0.2, 0) is 0 Å². The van der Waals surface area contributed by atoms with Gasteiger partial charge in [-0.1, -0.05) is 23.7 Å². The topological polar surface area (TPSA) is 29.3 Å². The Morgan fingerprint density at radius 1 is 1.28 bits per heavy atom. The van der Waals surface area contributed by atoms with Crippen molar-refractivity contribution in [3.8, 4) is 0 Å². The second-order valence-electron chi connectivity index (χ2n) is 5.28. The third-order valence-electron chi connectivity index (χ3n) is 4.12. The normalized spacial score (nSPS) is 19.9. The van der Waals surface area contributed by atoms with Gasteiger partial charge in [-0.3, -0.25) is 4.90 Å². The van der Waals surface area contributed by atoms with E-state index in [0.29, 0.717) is 6.04 Å². The second kappa shape index (κ2) is 6.55. The van der Waals surface area contributed by atoms with Crippen LogP contribution in [0.2, 0.25) is 5.02 Å². The van der Waals surface area contributed by atoms with E-state index in [-0.39, 0.29) is 0 Å². The van der Waals surface area contributed by atoms with Crippen LogP contribution in [-0.4, -0.2) is 24.5 Å². The molecule has 2 N–H and O–H groups in total. The van der Waals surface area contributed by atoms with Crippen molar-refractivity contribution in [1.82, 2.24) is 4.90 Å². The maximum Gasteiger partial charge on any atom is 0.0406 e. The lowest BCUT2D eigenvalue weighted by Crippen LogP contribution is -2.36. The van der Waals surface area contributed by atoms with E-state index >= 15 is 0 Å². The summed E-state index contributed by atoms with van der Waals surface area (Å²) >= 11 is 5.93. The van der Waals surface area contributed by atoms with E-state index in [4.69, 9.17) is 17.3 Å². The monoisotopic (exact) mass is 266 g/mol. The predicted molar refractivity (Wildman–Crippen MR) is 77.8 cm³/mol. The zero-order valence-electron chi connectivity index (χ0n) is 11.1. The number of likely N-dealkylation sites (tertiary alicyclic amines) is 1. The van der Waals surface area contributed by atoms with Gasteiger partial charge in [-0.25, -0.2) is 0 Å². The molecule has 0 radical (unpaired) electrons. The molecule has 0 aromatic heterocycles. The van der Waals surface area contributed by atoms with Crippen LogP contribution < -0.4 is 5.73 Å². The number of nitrogens with zero attached hydrogens (tertiary/aromatic N) is 1. The number of halogens is 1. The van der Waals surface area contributed by atoms with Gasteiger partial charge in [-0.2, -0.15) is 0 Å². The van der Waals surface area contributed by atoms with Crippen molar-refractivity contribution in [2.45, 2.75) is 32.2 Å². The van der Waals surface area contributed by atoms with Crippen LogP contribution in [0.4, 0.5) is 0 Å². The summed E-state index contributed by atoms with van der Waals surface area (Å²) in [5.41, 5.74) is 6.99. The highest BCUT2D eigenvalue weighted by atomic mass is 35.5. The van der Waals surface area contributed by atoms with Crippen LogP contribution in [0.15, 0.2) is 24.3 Å². The molecule has 1 saturated heterocycles. The molecule has 100 valence electrons. The highest BCUT2D eigenvalue weighted by Gasteiger charge is 2.22. The maximum absolute atomic E-state index is 5.93. The van der Waals surface area contributed by atoms with Crippen LogP contribution in [0.3, 0.4) is 0 Å². The third-order valence-corrected chi connectivity index (χ3v) is 4.38. The zero-order chi connectivity index (χ0) is 13.0. The highest BCUT2D eigenvalue weighted by Crippen LogP contribution is 2.28. The summed E-state index contributed by atoms with van der Waals surface area (Å²) in [5, 5.41) is 0.813. The molecule has 1 atom stereocenters. The van der Waals surface area contributed by atoms with Gasteiger partial charge in [0.25, 0.3) is 0 Å². The second-order valence-corrected chi connectivity index (χ2v) is 5.72. The van der Waals surface area contributed by atoms with E-state index in [9.17, 15) is 0 Å². The molecule has 1 fully saturated rings. The van der Waals surface area contributed by atoms with E-state index < -0.39 is 0 Å². The van der Waals surface area contributed by atoms with Crippen molar-refractivity contribution >= 4 is 11.6 Å². The average molecular weight is 267 g/mol. The first-order valence-electron chi connectivity index (χ1n) is 6.90.